The normalized spacial score (nSPS) is 37.6. The van der Waals surface area contributed by atoms with Crippen molar-refractivity contribution in [3.05, 3.63) is 11.6 Å². The van der Waals surface area contributed by atoms with Crippen LogP contribution in [0, 0.1) is 40.9 Å². The fourth-order valence-corrected chi connectivity index (χ4v) is 8.80. The summed E-state index contributed by atoms with van der Waals surface area (Å²) in [5.74, 6) is 1.65. The van der Waals surface area contributed by atoms with Crippen LogP contribution in [0.4, 0.5) is 0 Å². The number of nitrogens with one attached hydrogen (secondary N) is 2. The molecule has 0 aliphatic heterocycles. The van der Waals surface area contributed by atoms with Crippen LogP contribution in [0.1, 0.15) is 72.1 Å². The molecule has 0 bridgehead atoms. The van der Waals surface area contributed by atoms with Gasteiger partial charge in [0.05, 0.1) is 11.8 Å². The maximum Gasteiger partial charge on any atom is 0.326 e. The number of rotatable bonds is 10. The number of allylic oxidation sites excluding steroid dienone is 2. The molecule has 9 atom stereocenters. The highest BCUT2D eigenvalue weighted by molar-refractivity contribution is 7.98. The second kappa shape index (κ2) is 12.6. The van der Waals surface area contributed by atoms with Gasteiger partial charge in [-0.05, 0) is 99.5 Å². The van der Waals surface area contributed by atoms with Gasteiger partial charge in [-0.2, -0.15) is 11.8 Å². The molecule has 4 rings (SSSR count). The van der Waals surface area contributed by atoms with Gasteiger partial charge in [-0.15, -0.1) is 6.42 Å². The standard InChI is InChI=1S/C31H45N3O7S/c1-6-31(40)13-10-22-21-8-7-19-15-20(9-12-29(19,3)26(21)24(35)16-30(22,31)4)34-41-17-25(36)32-18(2)27(37)33-23(28(38)39)11-14-42-5/h1,15,18,21-24,26,35,40H,7-14,16-17H2,2-5H3,(H,32,36)(H,33,37)(H,38,39)/b34-20-/t18-,21+,22+,23-,24+,26-,29+,30+,31+/m1/s1. The maximum atomic E-state index is 12.4. The van der Waals surface area contributed by atoms with Gasteiger partial charge in [0.25, 0.3) is 5.91 Å². The zero-order valence-corrected chi connectivity index (χ0v) is 25.8. The highest BCUT2D eigenvalue weighted by Crippen LogP contribution is 2.67. The van der Waals surface area contributed by atoms with E-state index >= 15 is 0 Å². The zero-order valence-electron chi connectivity index (χ0n) is 25.0. The molecule has 0 spiro atoms. The number of carbonyl (C=O) groups excluding carboxylic acids is 2. The van der Waals surface area contributed by atoms with Gasteiger partial charge >= 0.3 is 5.97 Å². The van der Waals surface area contributed by atoms with Crippen LogP contribution in [-0.4, -0.2) is 81.2 Å². The zero-order chi connectivity index (χ0) is 30.9. The highest BCUT2D eigenvalue weighted by atomic mass is 32.2. The molecule has 11 heteroatoms. The lowest BCUT2D eigenvalue weighted by Gasteiger charge is -2.60. The number of carboxylic acids is 1. The van der Waals surface area contributed by atoms with Gasteiger partial charge in [-0.3, -0.25) is 9.59 Å². The van der Waals surface area contributed by atoms with Crippen molar-refractivity contribution >= 4 is 35.3 Å². The van der Waals surface area contributed by atoms with Crippen LogP contribution < -0.4 is 10.6 Å². The quantitative estimate of drug-likeness (QED) is 0.188. The molecule has 2 amide bonds. The second-order valence-corrected chi connectivity index (χ2v) is 14.0. The Morgan fingerprint density at radius 1 is 1.24 bits per heavy atom. The number of carboxylic acid groups (broad SMARTS) is 1. The minimum Gasteiger partial charge on any atom is -0.480 e. The Bertz CT molecular complexity index is 1180. The molecule has 0 heterocycles. The number of oxime groups is 1. The Morgan fingerprint density at radius 3 is 2.64 bits per heavy atom. The summed E-state index contributed by atoms with van der Waals surface area (Å²) >= 11 is 1.49. The van der Waals surface area contributed by atoms with Crippen molar-refractivity contribution in [1.82, 2.24) is 10.6 Å². The Kier molecular flexibility index (Phi) is 9.70. The van der Waals surface area contributed by atoms with Crippen molar-refractivity contribution in [2.24, 2.45) is 33.7 Å². The monoisotopic (exact) mass is 603 g/mol. The van der Waals surface area contributed by atoms with Gasteiger partial charge < -0.3 is 30.8 Å². The number of thioether (sulfide) groups is 1. The van der Waals surface area contributed by atoms with Gasteiger partial charge in [0, 0.05) is 5.41 Å². The molecule has 0 aromatic rings. The molecule has 0 unspecified atom stereocenters. The maximum absolute atomic E-state index is 12.4. The number of aliphatic carboxylic acids is 1. The number of fused-ring (bicyclic) bond motifs is 5. The van der Waals surface area contributed by atoms with Crippen molar-refractivity contribution in [3.8, 4) is 12.3 Å². The third kappa shape index (κ3) is 5.95. The largest absolute Gasteiger partial charge is 0.480 e. The molecule has 232 valence electrons. The first-order valence-electron chi connectivity index (χ1n) is 14.9. The molecule has 42 heavy (non-hydrogen) atoms. The van der Waals surface area contributed by atoms with Crippen LogP contribution in [0.25, 0.3) is 0 Å². The van der Waals surface area contributed by atoms with E-state index < -0.39 is 47.0 Å². The summed E-state index contributed by atoms with van der Waals surface area (Å²) in [5.41, 5.74) is 0.112. The summed E-state index contributed by atoms with van der Waals surface area (Å²) < 4.78 is 0. The van der Waals surface area contributed by atoms with Gasteiger partial charge in [0.1, 0.15) is 17.7 Å². The summed E-state index contributed by atoms with van der Waals surface area (Å²) in [6.07, 6.45) is 14.6. The minimum atomic E-state index is -1.17. The average Bonchev–Trinajstić information content (AvgIpc) is 3.20. The fourth-order valence-electron chi connectivity index (χ4n) is 8.33. The first kappa shape index (κ1) is 32.4. The number of aliphatic hydroxyl groups is 2. The van der Waals surface area contributed by atoms with Crippen LogP contribution in [0.3, 0.4) is 0 Å². The second-order valence-electron chi connectivity index (χ2n) is 13.0. The first-order chi connectivity index (χ1) is 19.8. The minimum absolute atomic E-state index is 0.0815. The van der Waals surface area contributed by atoms with Crippen molar-refractivity contribution in [2.75, 3.05) is 18.6 Å². The number of nitrogens with zero attached hydrogens (tertiary/aromatic N) is 1. The van der Waals surface area contributed by atoms with E-state index in [1.165, 1.54) is 24.3 Å². The molecular formula is C31H45N3O7S. The number of aliphatic hydroxyl groups excluding tert-OH is 1. The predicted molar refractivity (Wildman–Crippen MR) is 160 cm³/mol. The number of hydrogen-bond acceptors (Lipinski definition) is 8. The van der Waals surface area contributed by atoms with Crippen molar-refractivity contribution in [2.45, 2.75) is 95.9 Å². The lowest BCUT2D eigenvalue weighted by Crippen LogP contribution is -2.59. The average molecular weight is 604 g/mol. The number of amides is 2. The van der Waals surface area contributed by atoms with E-state index in [-0.39, 0.29) is 36.2 Å². The Hall–Kier alpha value is -2.55. The van der Waals surface area contributed by atoms with E-state index in [0.29, 0.717) is 25.0 Å². The van der Waals surface area contributed by atoms with E-state index in [0.717, 1.165) is 31.4 Å². The topological polar surface area (TPSA) is 158 Å². The summed E-state index contributed by atoms with van der Waals surface area (Å²) in [4.78, 5) is 41.5. The lowest BCUT2D eigenvalue weighted by molar-refractivity contribution is -0.153. The van der Waals surface area contributed by atoms with Gasteiger partial charge in [0.2, 0.25) is 5.91 Å². The van der Waals surface area contributed by atoms with Crippen molar-refractivity contribution < 1.29 is 34.5 Å². The fraction of sp³-hybridized carbons (Fsp3) is 0.742. The van der Waals surface area contributed by atoms with Crippen molar-refractivity contribution in [1.29, 1.82) is 0 Å². The molecule has 0 saturated heterocycles. The van der Waals surface area contributed by atoms with Gasteiger partial charge in [-0.25, -0.2) is 4.79 Å². The van der Waals surface area contributed by atoms with Gasteiger partial charge in [-0.1, -0.05) is 30.5 Å². The molecule has 10 nitrogen and oxygen atoms in total. The van der Waals surface area contributed by atoms with Crippen LogP contribution in [0.15, 0.2) is 16.8 Å². The smallest absolute Gasteiger partial charge is 0.326 e. The van der Waals surface area contributed by atoms with Crippen molar-refractivity contribution in [3.63, 3.8) is 0 Å². The van der Waals surface area contributed by atoms with Crippen LogP contribution in [0.5, 0.6) is 0 Å². The van der Waals surface area contributed by atoms with Crippen LogP contribution >= 0.6 is 11.8 Å². The third-order valence-electron chi connectivity index (χ3n) is 10.7. The molecule has 3 saturated carbocycles. The predicted octanol–water partition coefficient (Wildman–Crippen LogP) is 2.48. The summed E-state index contributed by atoms with van der Waals surface area (Å²) in [6.45, 7) is 5.40. The van der Waals surface area contributed by atoms with Crippen LogP contribution in [-0.2, 0) is 19.2 Å². The number of carbonyl (C=O) groups is 3. The highest BCUT2D eigenvalue weighted by Gasteiger charge is 2.66. The molecule has 0 aromatic heterocycles. The molecule has 0 radical (unpaired) electrons. The summed E-state index contributed by atoms with van der Waals surface area (Å²) in [7, 11) is 0. The van der Waals surface area contributed by atoms with E-state index in [1.807, 2.05) is 12.3 Å². The Balaban J connectivity index is 1.34. The molecule has 3 fully saturated rings. The lowest BCUT2D eigenvalue weighted by atomic mass is 9.45. The Morgan fingerprint density at radius 2 is 1.98 bits per heavy atom. The van der Waals surface area contributed by atoms with E-state index in [1.54, 1.807) is 0 Å². The first-order valence-corrected chi connectivity index (χ1v) is 16.3. The van der Waals surface area contributed by atoms with Gasteiger partial charge in [0.15, 0.2) is 6.61 Å². The summed E-state index contributed by atoms with van der Waals surface area (Å²) in [5, 5.41) is 41.2. The van der Waals surface area contributed by atoms with E-state index in [9.17, 15) is 29.7 Å². The third-order valence-corrected chi connectivity index (χ3v) is 11.3. The van der Waals surface area contributed by atoms with Crippen LogP contribution in [0.2, 0.25) is 0 Å². The number of terminal acetylenes is 1. The molecule has 4 aliphatic carbocycles. The van der Waals surface area contributed by atoms with E-state index in [2.05, 4.69) is 35.6 Å². The molecule has 5 N–H and O–H groups in total. The molecular weight excluding hydrogens is 558 g/mol. The SMILES string of the molecule is C#C[C@]1(O)CC[C@H]2[C@@H]3CCC4=C/C(=N\OCC(=O)N[C@H](C)C(=O)N[C@H](CCSC)C(=O)O)CC[C@]4(C)[C@H]3[C@@H](O)C[C@@]21C. The summed E-state index contributed by atoms with van der Waals surface area (Å²) in [6, 6.07) is -1.95. The Labute approximate surface area is 252 Å². The van der Waals surface area contributed by atoms with E-state index in [4.69, 9.17) is 11.3 Å². The molecule has 4 aliphatic rings. The molecule has 0 aromatic carbocycles. The number of hydrogen-bond donors (Lipinski definition) is 5.